The molecule has 0 bridgehead atoms. The highest BCUT2D eigenvalue weighted by atomic mass is 16.5. The Bertz CT molecular complexity index is 415. The van der Waals surface area contributed by atoms with Crippen LogP contribution in [0.15, 0.2) is 12.1 Å². The second-order valence-electron chi connectivity index (χ2n) is 3.99. The third-order valence-corrected chi connectivity index (χ3v) is 3.01. The minimum absolute atomic E-state index is 0.184. The lowest BCUT2D eigenvalue weighted by Crippen LogP contribution is -2.17. The van der Waals surface area contributed by atoms with Crippen LogP contribution in [0.25, 0.3) is 0 Å². The van der Waals surface area contributed by atoms with Crippen molar-refractivity contribution in [2.24, 2.45) is 5.73 Å². The minimum Gasteiger partial charge on any atom is -0.496 e. The SMILES string of the molecule is COC(=O)CC(N)c1ccc(OC)c(C)c1C. The standard InChI is InChI=1S/C13H19NO3/c1-8-9(2)12(16-3)6-5-10(8)11(14)7-13(15)17-4/h5-6,11H,7,14H2,1-4H3. The Morgan fingerprint density at radius 2 is 1.94 bits per heavy atom. The number of benzene rings is 1. The van der Waals surface area contributed by atoms with E-state index in [1.807, 2.05) is 26.0 Å². The van der Waals surface area contributed by atoms with Crippen LogP contribution in [0.1, 0.15) is 29.2 Å². The topological polar surface area (TPSA) is 61.5 Å². The maximum atomic E-state index is 11.2. The Labute approximate surface area is 102 Å². The summed E-state index contributed by atoms with van der Waals surface area (Å²) in [4.78, 5) is 11.2. The number of rotatable bonds is 4. The highest BCUT2D eigenvalue weighted by Crippen LogP contribution is 2.28. The molecule has 2 N–H and O–H groups in total. The molecule has 0 aromatic heterocycles. The number of methoxy groups -OCH3 is 2. The lowest BCUT2D eigenvalue weighted by Gasteiger charge is -2.17. The lowest BCUT2D eigenvalue weighted by atomic mass is 9.95. The van der Waals surface area contributed by atoms with Crippen molar-refractivity contribution < 1.29 is 14.3 Å². The van der Waals surface area contributed by atoms with Crippen LogP contribution in [0.4, 0.5) is 0 Å². The van der Waals surface area contributed by atoms with Gasteiger partial charge in [-0.05, 0) is 36.6 Å². The first-order chi connectivity index (χ1) is 8.01. The fourth-order valence-electron chi connectivity index (χ4n) is 1.81. The summed E-state index contributed by atoms with van der Waals surface area (Å²) in [5, 5.41) is 0. The van der Waals surface area contributed by atoms with E-state index in [4.69, 9.17) is 10.5 Å². The predicted octanol–water partition coefficient (Wildman–Crippen LogP) is 1.87. The van der Waals surface area contributed by atoms with Gasteiger partial charge in [0.25, 0.3) is 0 Å². The van der Waals surface area contributed by atoms with Crippen LogP contribution in [0, 0.1) is 13.8 Å². The Hall–Kier alpha value is -1.55. The molecule has 1 unspecified atom stereocenters. The van der Waals surface area contributed by atoms with Crippen LogP contribution in [-0.4, -0.2) is 20.2 Å². The molecule has 0 heterocycles. The van der Waals surface area contributed by atoms with Crippen LogP contribution >= 0.6 is 0 Å². The summed E-state index contributed by atoms with van der Waals surface area (Å²) in [7, 11) is 3.00. The molecule has 0 saturated heterocycles. The highest BCUT2D eigenvalue weighted by molar-refractivity contribution is 5.70. The maximum absolute atomic E-state index is 11.2. The summed E-state index contributed by atoms with van der Waals surface area (Å²) in [5.41, 5.74) is 9.05. The molecule has 0 fully saturated rings. The average molecular weight is 237 g/mol. The molecule has 1 atom stereocenters. The first kappa shape index (κ1) is 13.5. The van der Waals surface area contributed by atoms with Gasteiger partial charge < -0.3 is 15.2 Å². The summed E-state index contributed by atoms with van der Waals surface area (Å²) in [6.45, 7) is 3.95. The Morgan fingerprint density at radius 3 is 2.47 bits per heavy atom. The van der Waals surface area contributed by atoms with Gasteiger partial charge in [-0.3, -0.25) is 4.79 Å². The van der Waals surface area contributed by atoms with Crippen LogP contribution in [-0.2, 0) is 9.53 Å². The van der Waals surface area contributed by atoms with Gasteiger partial charge in [-0.15, -0.1) is 0 Å². The first-order valence-corrected chi connectivity index (χ1v) is 5.47. The molecule has 17 heavy (non-hydrogen) atoms. The quantitative estimate of drug-likeness (QED) is 0.812. The molecule has 1 aromatic carbocycles. The van der Waals surface area contributed by atoms with Crippen LogP contribution in [0.2, 0.25) is 0 Å². The highest BCUT2D eigenvalue weighted by Gasteiger charge is 2.16. The van der Waals surface area contributed by atoms with Gasteiger partial charge in [0.2, 0.25) is 0 Å². The molecule has 4 heteroatoms. The molecule has 0 aliphatic rings. The van der Waals surface area contributed by atoms with Gasteiger partial charge in [0.15, 0.2) is 0 Å². The number of esters is 1. The van der Waals surface area contributed by atoms with Gasteiger partial charge in [0.05, 0.1) is 20.6 Å². The number of carbonyl (C=O) groups excluding carboxylic acids is 1. The van der Waals surface area contributed by atoms with E-state index in [1.165, 1.54) is 7.11 Å². The van der Waals surface area contributed by atoms with Crippen molar-refractivity contribution in [1.29, 1.82) is 0 Å². The number of hydrogen-bond donors (Lipinski definition) is 1. The van der Waals surface area contributed by atoms with E-state index in [0.29, 0.717) is 0 Å². The van der Waals surface area contributed by atoms with Crippen molar-refractivity contribution in [2.45, 2.75) is 26.3 Å². The molecule has 0 aliphatic carbocycles. The van der Waals surface area contributed by atoms with Gasteiger partial charge in [0.1, 0.15) is 5.75 Å². The van der Waals surface area contributed by atoms with Crippen molar-refractivity contribution >= 4 is 5.97 Å². The molecular weight excluding hydrogens is 218 g/mol. The second-order valence-corrected chi connectivity index (χ2v) is 3.99. The predicted molar refractivity (Wildman–Crippen MR) is 66.0 cm³/mol. The Morgan fingerprint density at radius 1 is 1.29 bits per heavy atom. The third kappa shape index (κ3) is 2.97. The second kappa shape index (κ2) is 5.68. The largest absolute Gasteiger partial charge is 0.496 e. The van der Waals surface area contributed by atoms with Crippen molar-refractivity contribution in [3.05, 3.63) is 28.8 Å². The summed E-state index contributed by atoms with van der Waals surface area (Å²) >= 11 is 0. The third-order valence-electron chi connectivity index (χ3n) is 3.01. The zero-order valence-corrected chi connectivity index (χ0v) is 10.7. The van der Waals surface area contributed by atoms with Gasteiger partial charge >= 0.3 is 5.97 Å². The molecule has 0 spiro atoms. The summed E-state index contributed by atoms with van der Waals surface area (Å²) in [6, 6.07) is 3.43. The number of carbonyl (C=O) groups is 1. The van der Waals surface area contributed by atoms with E-state index >= 15 is 0 Å². The molecule has 0 radical (unpaired) electrons. The van der Waals surface area contributed by atoms with Gasteiger partial charge in [-0.1, -0.05) is 6.07 Å². The van der Waals surface area contributed by atoms with Gasteiger partial charge in [0, 0.05) is 6.04 Å². The average Bonchev–Trinajstić information content (AvgIpc) is 2.32. The zero-order valence-electron chi connectivity index (χ0n) is 10.7. The molecule has 94 valence electrons. The summed E-state index contributed by atoms with van der Waals surface area (Å²) in [5.74, 6) is 0.530. The molecule has 4 nitrogen and oxygen atoms in total. The lowest BCUT2D eigenvalue weighted by molar-refractivity contribution is -0.141. The molecule has 0 saturated carbocycles. The van der Waals surface area contributed by atoms with Gasteiger partial charge in [-0.25, -0.2) is 0 Å². The number of nitrogens with two attached hydrogens (primary N) is 1. The van der Waals surface area contributed by atoms with Crippen LogP contribution < -0.4 is 10.5 Å². The van der Waals surface area contributed by atoms with Crippen molar-refractivity contribution in [3.8, 4) is 5.75 Å². The molecule has 0 amide bonds. The number of hydrogen-bond acceptors (Lipinski definition) is 4. The fraction of sp³-hybridized carbons (Fsp3) is 0.462. The van der Waals surface area contributed by atoms with E-state index in [2.05, 4.69) is 4.74 Å². The summed E-state index contributed by atoms with van der Waals surface area (Å²) in [6.07, 6.45) is 0.184. The minimum atomic E-state index is -0.341. The summed E-state index contributed by atoms with van der Waals surface area (Å²) < 4.78 is 9.84. The molecular formula is C13H19NO3. The zero-order chi connectivity index (χ0) is 13.0. The van der Waals surface area contributed by atoms with E-state index in [9.17, 15) is 4.79 Å². The normalized spacial score (nSPS) is 12.1. The smallest absolute Gasteiger partial charge is 0.307 e. The van der Waals surface area contributed by atoms with E-state index < -0.39 is 0 Å². The van der Waals surface area contributed by atoms with Crippen molar-refractivity contribution in [3.63, 3.8) is 0 Å². The van der Waals surface area contributed by atoms with E-state index in [-0.39, 0.29) is 18.4 Å². The van der Waals surface area contributed by atoms with Crippen molar-refractivity contribution in [2.75, 3.05) is 14.2 Å². The van der Waals surface area contributed by atoms with Crippen LogP contribution in [0.5, 0.6) is 5.75 Å². The van der Waals surface area contributed by atoms with E-state index in [0.717, 1.165) is 22.4 Å². The van der Waals surface area contributed by atoms with Crippen molar-refractivity contribution in [1.82, 2.24) is 0 Å². The molecule has 1 rings (SSSR count). The maximum Gasteiger partial charge on any atom is 0.307 e. The van der Waals surface area contributed by atoms with Gasteiger partial charge in [-0.2, -0.15) is 0 Å². The van der Waals surface area contributed by atoms with Crippen LogP contribution in [0.3, 0.4) is 0 Å². The Kier molecular flexibility index (Phi) is 4.52. The monoisotopic (exact) mass is 237 g/mol. The number of ether oxygens (including phenoxy) is 2. The molecule has 0 aliphatic heterocycles. The van der Waals surface area contributed by atoms with E-state index in [1.54, 1.807) is 7.11 Å². The Balaban J connectivity index is 2.99. The fourth-order valence-corrected chi connectivity index (χ4v) is 1.81. The molecule has 1 aromatic rings. The first-order valence-electron chi connectivity index (χ1n) is 5.47.